The van der Waals surface area contributed by atoms with Crippen LogP contribution in [0.2, 0.25) is 0 Å². The molecule has 1 heterocycles. The second-order valence-electron chi connectivity index (χ2n) is 4.57. The fourth-order valence-electron chi connectivity index (χ4n) is 2.04. The number of nitrogens with one attached hydrogen (secondary N) is 1. The van der Waals surface area contributed by atoms with Gasteiger partial charge in [-0.25, -0.2) is 9.78 Å². The van der Waals surface area contributed by atoms with Gasteiger partial charge >= 0.3 is 5.97 Å². The number of aromatic amines is 1. The van der Waals surface area contributed by atoms with Crippen molar-refractivity contribution in [2.24, 2.45) is 0 Å². The average Bonchev–Trinajstić information content (AvgIpc) is 2.64. The minimum Gasteiger partial charge on any atom is -0.476 e. The number of H-pyrrole nitrogens is 1. The van der Waals surface area contributed by atoms with E-state index in [0.29, 0.717) is 17.9 Å². The van der Waals surface area contributed by atoms with Crippen LogP contribution in [0.15, 0.2) is 18.2 Å². The van der Waals surface area contributed by atoms with E-state index in [1.165, 1.54) is 11.1 Å². The van der Waals surface area contributed by atoms with Crippen molar-refractivity contribution < 1.29 is 9.90 Å². The van der Waals surface area contributed by atoms with Gasteiger partial charge in [0.1, 0.15) is 5.82 Å². The van der Waals surface area contributed by atoms with Crippen molar-refractivity contribution in [2.75, 3.05) is 0 Å². The molecular weight excluding hydrogens is 228 g/mol. The lowest BCUT2D eigenvalue weighted by atomic mass is 10.0. The number of carboxylic acids is 1. The molecule has 0 amide bonds. The van der Waals surface area contributed by atoms with E-state index >= 15 is 0 Å². The first-order chi connectivity index (χ1) is 8.47. The summed E-state index contributed by atoms with van der Waals surface area (Å²) in [4.78, 5) is 18.1. The zero-order valence-electron chi connectivity index (χ0n) is 10.7. The molecule has 0 unspecified atom stereocenters. The van der Waals surface area contributed by atoms with E-state index in [4.69, 9.17) is 5.11 Å². The zero-order chi connectivity index (χ0) is 13.3. The van der Waals surface area contributed by atoms with Gasteiger partial charge in [0.2, 0.25) is 0 Å². The normalized spacial score (nSPS) is 10.6. The molecule has 0 fully saturated rings. The Hall–Kier alpha value is -2.10. The van der Waals surface area contributed by atoms with E-state index in [1.54, 1.807) is 6.92 Å². The molecule has 0 bridgehead atoms. The van der Waals surface area contributed by atoms with Gasteiger partial charge in [0.05, 0.1) is 0 Å². The molecule has 2 N–H and O–H groups in total. The Labute approximate surface area is 106 Å². The number of aromatic carboxylic acids is 1. The third-order valence-electron chi connectivity index (χ3n) is 2.99. The summed E-state index contributed by atoms with van der Waals surface area (Å²) in [5.41, 5.74) is 4.28. The highest BCUT2D eigenvalue weighted by atomic mass is 16.4. The van der Waals surface area contributed by atoms with E-state index in [2.05, 4.69) is 42.0 Å². The number of hydrogen-bond acceptors (Lipinski definition) is 2. The Kier molecular flexibility index (Phi) is 3.19. The molecule has 94 valence electrons. The molecule has 0 aliphatic carbocycles. The van der Waals surface area contributed by atoms with Gasteiger partial charge in [-0.2, -0.15) is 0 Å². The number of rotatable bonds is 3. The summed E-state index contributed by atoms with van der Waals surface area (Å²) in [5.74, 6) is -0.299. The monoisotopic (exact) mass is 244 g/mol. The van der Waals surface area contributed by atoms with Crippen LogP contribution in [0, 0.1) is 20.8 Å². The highest BCUT2D eigenvalue weighted by Crippen LogP contribution is 2.15. The smallest absolute Gasteiger partial charge is 0.356 e. The molecule has 4 nitrogen and oxygen atoms in total. The third kappa shape index (κ3) is 2.42. The summed E-state index contributed by atoms with van der Waals surface area (Å²) in [5, 5.41) is 8.95. The van der Waals surface area contributed by atoms with Gasteiger partial charge in [-0.3, -0.25) is 0 Å². The minimum absolute atomic E-state index is 0.106. The van der Waals surface area contributed by atoms with Gasteiger partial charge in [-0.15, -0.1) is 0 Å². The van der Waals surface area contributed by atoms with Crippen LogP contribution in [0.25, 0.3) is 0 Å². The lowest BCUT2D eigenvalue weighted by Gasteiger charge is -2.04. The first-order valence-electron chi connectivity index (χ1n) is 5.82. The summed E-state index contributed by atoms with van der Waals surface area (Å²) in [7, 11) is 0. The lowest BCUT2D eigenvalue weighted by Crippen LogP contribution is -1.99. The third-order valence-corrected chi connectivity index (χ3v) is 2.99. The molecule has 0 spiro atoms. The standard InChI is InChI=1S/C14H16N2O2/c1-8-4-5-11(9(2)6-8)7-12-15-10(3)13(16-12)14(17)18/h4-6H,7H2,1-3H3,(H,15,16)(H,17,18). The fourth-order valence-corrected chi connectivity index (χ4v) is 2.04. The van der Waals surface area contributed by atoms with E-state index in [1.807, 2.05) is 0 Å². The number of carbonyl (C=O) groups is 1. The van der Waals surface area contributed by atoms with Crippen LogP contribution in [-0.2, 0) is 6.42 Å². The summed E-state index contributed by atoms with van der Waals surface area (Å²) in [6, 6.07) is 6.22. The topological polar surface area (TPSA) is 66.0 Å². The number of aromatic nitrogens is 2. The van der Waals surface area contributed by atoms with E-state index in [-0.39, 0.29) is 5.69 Å². The van der Waals surface area contributed by atoms with Gasteiger partial charge in [-0.1, -0.05) is 23.8 Å². The van der Waals surface area contributed by atoms with Crippen LogP contribution in [0.4, 0.5) is 0 Å². The van der Waals surface area contributed by atoms with Crippen molar-refractivity contribution in [1.29, 1.82) is 0 Å². The molecule has 0 atom stereocenters. The molecule has 0 saturated heterocycles. The van der Waals surface area contributed by atoms with Gasteiger partial charge in [0.15, 0.2) is 5.69 Å². The van der Waals surface area contributed by atoms with Crippen molar-refractivity contribution in [3.05, 3.63) is 52.1 Å². The average molecular weight is 244 g/mol. The number of carboxylic acid groups (broad SMARTS) is 1. The molecule has 18 heavy (non-hydrogen) atoms. The second kappa shape index (κ2) is 4.64. The molecule has 0 saturated carbocycles. The summed E-state index contributed by atoms with van der Waals surface area (Å²) in [6.07, 6.45) is 0.625. The Morgan fingerprint density at radius 2 is 2.06 bits per heavy atom. The van der Waals surface area contributed by atoms with E-state index in [0.717, 1.165) is 5.56 Å². The molecule has 0 aliphatic heterocycles. The van der Waals surface area contributed by atoms with Crippen LogP contribution in [0.1, 0.15) is 38.7 Å². The molecule has 1 aromatic heterocycles. The number of nitrogens with zero attached hydrogens (tertiary/aromatic N) is 1. The maximum Gasteiger partial charge on any atom is 0.356 e. The molecular formula is C14H16N2O2. The van der Waals surface area contributed by atoms with Gasteiger partial charge in [-0.05, 0) is 31.9 Å². The Morgan fingerprint density at radius 1 is 1.33 bits per heavy atom. The Balaban J connectivity index is 2.29. The van der Waals surface area contributed by atoms with Crippen LogP contribution in [-0.4, -0.2) is 21.0 Å². The quantitative estimate of drug-likeness (QED) is 0.872. The van der Waals surface area contributed by atoms with Crippen molar-refractivity contribution in [3.63, 3.8) is 0 Å². The van der Waals surface area contributed by atoms with Crippen LogP contribution in [0.5, 0.6) is 0 Å². The van der Waals surface area contributed by atoms with E-state index < -0.39 is 5.97 Å². The van der Waals surface area contributed by atoms with E-state index in [9.17, 15) is 4.79 Å². The maximum absolute atomic E-state index is 10.9. The number of imidazole rings is 1. The Bertz CT molecular complexity index is 600. The van der Waals surface area contributed by atoms with Crippen molar-refractivity contribution >= 4 is 5.97 Å². The second-order valence-corrected chi connectivity index (χ2v) is 4.57. The number of hydrogen-bond donors (Lipinski definition) is 2. The van der Waals surface area contributed by atoms with Crippen LogP contribution in [0.3, 0.4) is 0 Å². The highest BCUT2D eigenvalue weighted by Gasteiger charge is 2.13. The highest BCUT2D eigenvalue weighted by molar-refractivity contribution is 5.86. The predicted molar refractivity (Wildman–Crippen MR) is 69.0 cm³/mol. The summed E-state index contributed by atoms with van der Waals surface area (Å²) in [6.45, 7) is 5.83. The van der Waals surface area contributed by atoms with Gasteiger partial charge < -0.3 is 10.1 Å². The van der Waals surface area contributed by atoms with Gasteiger partial charge in [0.25, 0.3) is 0 Å². The Morgan fingerprint density at radius 3 is 2.61 bits per heavy atom. The van der Waals surface area contributed by atoms with Crippen molar-refractivity contribution in [2.45, 2.75) is 27.2 Å². The molecule has 0 aliphatic rings. The first-order valence-corrected chi connectivity index (χ1v) is 5.82. The maximum atomic E-state index is 10.9. The van der Waals surface area contributed by atoms with Crippen molar-refractivity contribution in [1.82, 2.24) is 9.97 Å². The summed E-state index contributed by atoms with van der Waals surface area (Å²) < 4.78 is 0. The molecule has 4 heteroatoms. The van der Waals surface area contributed by atoms with Gasteiger partial charge in [0, 0.05) is 12.1 Å². The molecule has 0 radical (unpaired) electrons. The zero-order valence-corrected chi connectivity index (χ0v) is 10.7. The van der Waals surface area contributed by atoms with Crippen molar-refractivity contribution in [3.8, 4) is 0 Å². The SMILES string of the molecule is Cc1ccc(Cc2nc(C(=O)O)c(C)[nH]2)c(C)c1. The lowest BCUT2D eigenvalue weighted by molar-refractivity contribution is 0.0690. The van der Waals surface area contributed by atoms with Crippen LogP contribution >= 0.6 is 0 Å². The van der Waals surface area contributed by atoms with Crippen LogP contribution < -0.4 is 0 Å². The largest absolute Gasteiger partial charge is 0.476 e. The molecule has 1 aromatic carbocycles. The number of aryl methyl sites for hydroxylation is 3. The first kappa shape index (κ1) is 12.4. The fraction of sp³-hybridized carbons (Fsp3) is 0.286. The molecule has 2 aromatic rings. The predicted octanol–water partition coefficient (Wildman–Crippen LogP) is 2.62. The summed E-state index contributed by atoms with van der Waals surface area (Å²) >= 11 is 0. The number of benzene rings is 1. The molecule has 2 rings (SSSR count). The minimum atomic E-state index is -0.990.